The summed E-state index contributed by atoms with van der Waals surface area (Å²) in [6.45, 7) is 3.87. The van der Waals surface area contributed by atoms with Gasteiger partial charge in [0, 0.05) is 29.9 Å². The lowest BCUT2D eigenvalue weighted by Gasteiger charge is -2.15. The van der Waals surface area contributed by atoms with Crippen molar-refractivity contribution < 1.29 is 9.47 Å². The predicted octanol–water partition coefficient (Wildman–Crippen LogP) is 4.26. The molecule has 1 aliphatic rings. The Labute approximate surface area is 195 Å². The van der Waals surface area contributed by atoms with Gasteiger partial charge in [-0.1, -0.05) is 0 Å². The van der Waals surface area contributed by atoms with E-state index in [1.807, 2.05) is 61.7 Å². The molecule has 0 spiro atoms. The van der Waals surface area contributed by atoms with E-state index >= 15 is 0 Å². The van der Waals surface area contributed by atoms with E-state index in [0.29, 0.717) is 5.75 Å². The summed E-state index contributed by atoms with van der Waals surface area (Å²) in [5.74, 6) is 3.02. The Kier molecular flexibility index (Phi) is 5.15. The number of hydrogen-bond donors (Lipinski definition) is 2. The third-order valence-electron chi connectivity index (χ3n) is 5.84. The number of nitrogens with zero attached hydrogens (tertiary/aromatic N) is 5. The van der Waals surface area contributed by atoms with Crippen molar-refractivity contribution in [3.8, 4) is 17.2 Å². The molecule has 0 unspecified atom stereocenters. The molecule has 170 valence electrons. The van der Waals surface area contributed by atoms with E-state index in [9.17, 15) is 0 Å². The molecule has 0 amide bonds. The normalized spacial score (nSPS) is 15.6. The van der Waals surface area contributed by atoms with Gasteiger partial charge in [0.25, 0.3) is 0 Å². The zero-order chi connectivity index (χ0) is 22.9. The van der Waals surface area contributed by atoms with Crippen LogP contribution >= 0.6 is 0 Å². The number of rotatable bonds is 6. The first-order valence-electron chi connectivity index (χ1n) is 11.2. The van der Waals surface area contributed by atoms with Crippen LogP contribution < -0.4 is 20.1 Å². The molecule has 0 bridgehead atoms. The molecule has 1 atom stereocenters. The fraction of sp³-hybridized carbons (Fsp3) is 0.200. The zero-order valence-electron chi connectivity index (χ0n) is 18.6. The van der Waals surface area contributed by atoms with Crippen LogP contribution in [-0.2, 0) is 0 Å². The summed E-state index contributed by atoms with van der Waals surface area (Å²) in [7, 11) is 0. The molecule has 6 rings (SSSR count). The summed E-state index contributed by atoms with van der Waals surface area (Å²) in [6, 6.07) is 15.6. The second kappa shape index (κ2) is 8.60. The highest BCUT2D eigenvalue weighted by molar-refractivity contribution is 5.91. The van der Waals surface area contributed by atoms with E-state index in [2.05, 4.69) is 30.7 Å². The maximum absolute atomic E-state index is 6.13. The first-order valence-corrected chi connectivity index (χ1v) is 11.2. The fourth-order valence-electron chi connectivity index (χ4n) is 4.10. The van der Waals surface area contributed by atoms with Crippen LogP contribution in [0.25, 0.3) is 16.6 Å². The minimum atomic E-state index is 0.194. The number of benzene rings is 2. The zero-order valence-corrected chi connectivity index (χ0v) is 18.6. The van der Waals surface area contributed by atoms with Gasteiger partial charge in [-0.15, -0.1) is 0 Å². The molecule has 2 N–H and O–H groups in total. The number of anilines is 2. The molecule has 5 aromatic rings. The van der Waals surface area contributed by atoms with Crippen LogP contribution in [0.15, 0.2) is 67.4 Å². The number of hydrogen-bond acceptors (Lipinski definition) is 8. The number of pyridine rings is 1. The SMILES string of the molecule is Cc1cc(Nc2ncnc3ccc(O[C@H]4CCNC4)cc23)ccc1Oc1ccn2ncnc2c1. The van der Waals surface area contributed by atoms with Gasteiger partial charge in [-0.25, -0.2) is 19.5 Å². The van der Waals surface area contributed by atoms with Crippen LogP contribution in [0.1, 0.15) is 12.0 Å². The van der Waals surface area contributed by atoms with Gasteiger partial charge in [0.1, 0.15) is 41.8 Å². The number of aromatic nitrogens is 5. The molecular formula is C25H23N7O2. The lowest BCUT2D eigenvalue weighted by molar-refractivity contribution is 0.223. The first-order chi connectivity index (χ1) is 16.7. The quantitative estimate of drug-likeness (QED) is 0.394. The molecule has 3 aromatic heterocycles. The minimum absolute atomic E-state index is 0.194. The highest BCUT2D eigenvalue weighted by Gasteiger charge is 2.16. The average molecular weight is 454 g/mol. The molecule has 2 aromatic carbocycles. The number of nitrogens with one attached hydrogen (secondary N) is 2. The van der Waals surface area contributed by atoms with Crippen LogP contribution in [-0.4, -0.2) is 43.8 Å². The highest BCUT2D eigenvalue weighted by atomic mass is 16.5. The Morgan fingerprint density at radius 1 is 1.00 bits per heavy atom. The molecule has 0 aliphatic carbocycles. The van der Waals surface area contributed by atoms with E-state index in [1.54, 1.807) is 10.8 Å². The summed E-state index contributed by atoms with van der Waals surface area (Å²) in [5.41, 5.74) is 3.48. The van der Waals surface area contributed by atoms with Crippen molar-refractivity contribution in [3.05, 3.63) is 72.9 Å². The predicted molar refractivity (Wildman–Crippen MR) is 129 cm³/mol. The third-order valence-corrected chi connectivity index (χ3v) is 5.84. The Bertz CT molecular complexity index is 1480. The minimum Gasteiger partial charge on any atom is -0.489 e. The molecule has 9 nitrogen and oxygen atoms in total. The molecule has 1 fully saturated rings. The Morgan fingerprint density at radius 3 is 2.85 bits per heavy atom. The van der Waals surface area contributed by atoms with E-state index < -0.39 is 0 Å². The van der Waals surface area contributed by atoms with E-state index in [-0.39, 0.29) is 6.10 Å². The molecular weight excluding hydrogens is 430 g/mol. The van der Waals surface area contributed by atoms with E-state index in [0.717, 1.165) is 64.6 Å². The molecule has 4 heterocycles. The topological polar surface area (TPSA) is 98.5 Å². The van der Waals surface area contributed by atoms with Gasteiger partial charge in [-0.05, 0) is 67.9 Å². The lowest BCUT2D eigenvalue weighted by Crippen LogP contribution is -2.19. The summed E-state index contributed by atoms with van der Waals surface area (Å²) in [6.07, 6.45) is 6.11. The van der Waals surface area contributed by atoms with Crippen molar-refractivity contribution in [2.24, 2.45) is 0 Å². The van der Waals surface area contributed by atoms with E-state index in [4.69, 9.17) is 9.47 Å². The molecule has 9 heteroatoms. The van der Waals surface area contributed by atoms with Crippen LogP contribution in [0, 0.1) is 6.92 Å². The monoisotopic (exact) mass is 453 g/mol. The largest absolute Gasteiger partial charge is 0.489 e. The summed E-state index contributed by atoms with van der Waals surface area (Å²) in [4.78, 5) is 13.1. The van der Waals surface area contributed by atoms with Crippen LogP contribution in [0.2, 0.25) is 0 Å². The van der Waals surface area contributed by atoms with Crippen LogP contribution in [0.5, 0.6) is 17.2 Å². The number of aryl methyl sites for hydroxylation is 1. The van der Waals surface area contributed by atoms with Gasteiger partial charge in [0.15, 0.2) is 5.65 Å². The highest BCUT2D eigenvalue weighted by Crippen LogP contribution is 2.31. The number of ether oxygens (including phenoxy) is 2. The van der Waals surface area contributed by atoms with Gasteiger partial charge in [0.2, 0.25) is 0 Å². The van der Waals surface area contributed by atoms with E-state index in [1.165, 1.54) is 6.33 Å². The molecule has 1 saturated heterocycles. The van der Waals surface area contributed by atoms with Crippen molar-refractivity contribution in [1.29, 1.82) is 0 Å². The summed E-state index contributed by atoms with van der Waals surface area (Å²) >= 11 is 0. The average Bonchev–Trinajstić information content (AvgIpc) is 3.53. The fourth-order valence-corrected chi connectivity index (χ4v) is 4.10. The van der Waals surface area contributed by atoms with Gasteiger partial charge in [0.05, 0.1) is 5.52 Å². The molecule has 0 saturated carbocycles. The van der Waals surface area contributed by atoms with Crippen molar-refractivity contribution in [2.45, 2.75) is 19.4 Å². The van der Waals surface area contributed by atoms with Gasteiger partial charge >= 0.3 is 0 Å². The Morgan fingerprint density at radius 2 is 1.97 bits per heavy atom. The van der Waals surface area contributed by atoms with Crippen molar-refractivity contribution in [3.63, 3.8) is 0 Å². The number of fused-ring (bicyclic) bond motifs is 2. The Hall–Kier alpha value is -4.24. The van der Waals surface area contributed by atoms with Gasteiger partial charge in [-0.2, -0.15) is 5.10 Å². The van der Waals surface area contributed by atoms with Crippen molar-refractivity contribution in [2.75, 3.05) is 18.4 Å². The van der Waals surface area contributed by atoms with Crippen molar-refractivity contribution >= 4 is 28.1 Å². The third kappa shape index (κ3) is 4.08. The molecule has 34 heavy (non-hydrogen) atoms. The van der Waals surface area contributed by atoms with Crippen LogP contribution in [0.3, 0.4) is 0 Å². The Balaban J connectivity index is 1.23. The first kappa shape index (κ1) is 20.4. The van der Waals surface area contributed by atoms with Gasteiger partial charge in [-0.3, -0.25) is 0 Å². The standard InChI is InChI=1S/C25H23N7O2/c1-16-10-17(2-5-23(16)34-19-7-9-32-24(12-19)28-15-30-32)31-25-21-11-18(33-20-6-8-26-13-20)3-4-22(21)27-14-29-25/h2-5,7,9-12,14-15,20,26H,6,8,13H2,1H3,(H,27,29,31)/t20-/m0/s1. The van der Waals surface area contributed by atoms with Crippen LogP contribution in [0.4, 0.5) is 11.5 Å². The van der Waals surface area contributed by atoms with Gasteiger partial charge < -0.3 is 20.1 Å². The second-order valence-corrected chi connectivity index (χ2v) is 8.27. The maximum Gasteiger partial charge on any atom is 0.158 e. The smallest absolute Gasteiger partial charge is 0.158 e. The van der Waals surface area contributed by atoms with Crippen molar-refractivity contribution in [1.82, 2.24) is 29.9 Å². The lowest BCUT2D eigenvalue weighted by atomic mass is 10.2. The summed E-state index contributed by atoms with van der Waals surface area (Å²) < 4.78 is 13.9. The summed E-state index contributed by atoms with van der Waals surface area (Å²) in [5, 5.41) is 11.8. The molecule has 0 radical (unpaired) electrons. The molecule has 1 aliphatic heterocycles. The maximum atomic E-state index is 6.13. The second-order valence-electron chi connectivity index (χ2n) is 8.27.